The van der Waals surface area contributed by atoms with Gasteiger partial charge >= 0.3 is 12.1 Å². The summed E-state index contributed by atoms with van der Waals surface area (Å²) in [6, 6.07) is -8.05. The Bertz CT molecular complexity index is 9370. The van der Waals surface area contributed by atoms with Crippen LogP contribution >= 0.6 is 11.6 Å². The number of para-hydroxylation sites is 3. The van der Waals surface area contributed by atoms with Crippen molar-refractivity contribution < 1.29 is 194 Å². The third-order valence-corrected chi connectivity index (χ3v) is 14.2. The molecule has 8 aromatic carbocycles. The number of carbonyl (C=O) groups excluding carboxylic acids is 2. The summed E-state index contributed by atoms with van der Waals surface area (Å²) in [6.07, 6.45) is 0.424. The molecule has 124 heavy (non-hydrogen) atoms. The van der Waals surface area contributed by atoms with Gasteiger partial charge in [0.15, 0.2) is 0 Å². The summed E-state index contributed by atoms with van der Waals surface area (Å²) in [5.41, 5.74) is -51.8. The van der Waals surface area contributed by atoms with Crippen molar-refractivity contribution in [2.75, 3.05) is 18.2 Å². The fourth-order valence-corrected chi connectivity index (χ4v) is 8.76. The average Bonchev–Trinajstić information content (AvgIpc) is 0.683. The van der Waals surface area contributed by atoms with Crippen LogP contribution in [0.5, 0.6) is 34.5 Å². The van der Waals surface area contributed by atoms with Gasteiger partial charge in [-0.1, -0.05) is 280 Å². The number of aromatic carboxylic acids is 1. The Labute approximate surface area is 881 Å². The normalized spacial score (nSPS) is 26.3. The van der Waals surface area contributed by atoms with E-state index in [9.17, 15) is 54.5 Å². The standard InChI is InChI=1S/C24H28N2O3.C16H24O3.C14H21NO3.C14H23NO.C14H22O.C10H7NO3.C6H6O.C4H9Cl.CH4/c1-23(2,3)16-11-17(24(4,5)6)20(27)12-19(16)26-22(29)15-13-25-18-10-8-7-9-14(18)21(15)28;1-15(2,3)11-8-9-13(19-14(17)18-7)12(10-11)16(4,5)6;1-13(2,3)9-7-10(14(4,5)6)12(16)8-11(9)15(17)18;1-13(2,3)9-7-10(14(4,5)6)12(16)8-11(9)15;1-13(2,3)10-7-8-12(15)11(9-10)14(4,5)6;12-9-6-3-1-2-4-8(6)11-5-7(9)10(13)14;7-6-4-2-1-3-5-6;1-4(2,3)5;/h7-13,27H,1-6H3,(H,25,28)(H,26,29);8-10H,1-7H3;7-8,16H,1-6H3;7-8,16H,15H2,1-6H3;7-9,15H,1-6H3;1-5H,(H,11,12)(H,13,14);1-5,7H;1-3H3;1H4/i1D3,2D3,4D3,5D3,6D3,11D,12D;1D3,2D3,4D3,5D3,6D3,8D,9D,10D;2*1D3,2D3,4D3,5D3,6D3,7D,8D;1D3,2D3,4D3,5D3,6D3,7D,8D,9D;;1D,2D,3D,4D,5D;1D3,2D3;/hD. The highest BCUT2D eigenvalue weighted by Crippen LogP contribution is 2.44. The number of carboxylic acid groups (broad SMARTS) is 1. The van der Waals surface area contributed by atoms with Crippen LogP contribution in [0.2, 0.25) is 0 Å². The van der Waals surface area contributed by atoms with Crippen LogP contribution < -0.4 is 26.6 Å². The Balaban J connectivity index is 0.000000884. The van der Waals surface area contributed by atoms with Crippen LogP contribution in [0.1, 0.15) is 445 Å². The number of halogens is 1. The van der Waals surface area contributed by atoms with Gasteiger partial charge in [0.05, 0.1) is 41.4 Å². The van der Waals surface area contributed by atoms with Crippen LogP contribution in [0, 0.1) is 10.1 Å². The second-order valence-electron chi connectivity index (χ2n) is 26.2. The van der Waals surface area contributed by atoms with Crippen molar-refractivity contribution in [2.45, 2.75) is 293 Å². The van der Waals surface area contributed by atoms with Gasteiger partial charge in [-0.15, -0.1) is 11.6 Å². The number of aromatic hydroxyl groups is 5. The molecule has 0 saturated carbocycles. The summed E-state index contributed by atoms with van der Waals surface area (Å²) in [5, 5.41) is 69.7. The van der Waals surface area contributed by atoms with E-state index >= 15 is 0 Å². The summed E-state index contributed by atoms with van der Waals surface area (Å²) < 4.78 is 781. The number of methoxy groups -OCH3 is 1. The zero-order valence-corrected chi connectivity index (χ0v) is 65.3. The van der Waals surface area contributed by atoms with Gasteiger partial charge in [-0.2, -0.15) is 0 Å². The number of alkyl halides is 1. The van der Waals surface area contributed by atoms with Gasteiger partial charge in [-0.05, 0) is 180 Å². The minimum absolute atomic E-state index is 0. The number of rotatable bonds is 6. The predicted octanol–water partition coefficient (Wildman–Crippen LogP) is 26.2. The molecule has 0 aliphatic carbocycles. The summed E-state index contributed by atoms with van der Waals surface area (Å²) in [5.74, 6) is -11.5. The van der Waals surface area contributed by atoms with Crippen LogP contribution in [-0.4, -0.2) is 77.0 Å². The number of nitro groups is 1. The lowest BCUT2D eigenvalue weighted by Gasteiger charge is -2.28. The molecular weight excluding hydrogens is 1580 g/mol. The lowest BCUT2D eigenvalue weighted by molar-refractivity contribution is -0.386. The lowest BCUT2D eigenvalue weighted by Crippen LogP contribution is -2.25. The number of hydrogen-bond donors (Lipinski definition) is 10. The monoisotopic (exact) mass is 1830 g/mol. The van der Waals surface area contributed by atoms with Crippen molar-refractivity contribution in [1.82, 2.24) is 9.97 Å². The highest BCUT2D eigenvalue weighted by Gasteiger charge is 2.33. The Morgan fingerprint density at radius 2 is 0.863 bits per heavy atom. The van der Waals surface area contributed by atoms with Crippen LogP contribution in [0.15, 0.2) is 173 Å². The minimum Gasteiger partial charge on any atom is -0.508 e. The van der Waals surface area contributed by atoms with Crippen LogP contribution in [0.25, 0.3) is 21.8 Å². The number of nitro benzene ring substituents is 1. The van der Waals surface area contributed by atoms with Gasteiger partial charge in [-0.25, -0.2) is 9.59 Å². The van der Waals surface area contributed by atoms with Crippen molar-refractivity contribution in [3.63, 3.8) is 0 Å². The highest BCUT2D eigenvalue weighted by atomic mass is 35.5. The second kappa shape index (κ2) is 42.5. The first kappa shape index (κ1) is 31.2. The lowest BCUT2D eigenvalue weighted by atomic mass is 9.79. The van der Waals surface area contributed by atoms with Gasteiger partial charge in [0, 0.05) is 190 Å². The van der Waals surface area contributed by atoms with E-state index in [-0.39, 0.29) is 18.4 Å². The van der Waals surface area contributed by atoms with E-state index < -0.39 is 493 Å². The van der Waals surface area contributed by atoms with Crippen LogP contribution in [0.4, 0.5) is 21.9 Å². The summed E-state index contributed by atoms with van der Waals surface area (Å²) in [7, 11) is 0.744. The summed E-state index contributed by atoms with van der Waals surface area (Å²) >= 11 is 5.36. The number of fused-ring (bicyclic) bond motifs is 2. The number of carbonyl (C=O) groups is 3. The van der Waals surface area contributed by atoms with Crippen molar-refractivity contribution in [2.24, 2.45) is 0 Å². The number of aromatic nitrogens is 2. The number of carboxylic acids is 1. The molecule has 1 amide bonds. The van der Waals surface area contributed by atoms with E-state index in [2.05, 4.69) is 19.8 Å². The van der Waals surface area contributed by atoms with Gasteiger partial charge in [0.25, 0.3) is 13.0 Å². The van der Waals surface area contributed by atoms with Crippen molar-refractivity contribution >= 4 is 68.5 Å². The molecule has 10 aromatic rings. The minimum atomic E-state index is -4.18. The number of aromatic amines is 2. The Kier molecular flexibility index (Phi) is 10.7. The Morgan fingerprint density at radius 3 is 1.30 bits per heavy atom. The molecule has 0 spiro atoms. The molecule has 0 saturated heterocycles. The third-order valence-electron chi connectivity index (χ3n) is 14.2. The maximum absolute atomic E-state index is 13.5. The largest absolute Gasteiger partial charge is 0.513 e. The molecule has 0 radical (unpaired) electrons. The SMILES string of the molecule is C.O=C(O)c1c[nH]c2ccccc2c1=O.[2H]C([2H])([2H])C(C)(Cl)C([2H])([2H])[2H].[2H]Oc1c([2H])c([2H])c([2H])c([2H])c1[2H].[2H]c1c(N)c(C(C)(C([2H])([2H])[2H])C([2H])([2H])[2H])c([2H])c(C(C([2H])([2H])[2H])(C([2H])([2H])[2H])C([2H])([2H])[2H])c1O.[2H]c1c(O)c(C(C([2H])([2H])[2H])(C([2H])([2H])[2H])C([2H])([2H])[2H])c([2H])c(C(C)(C([2H])([2H])[2H])C([2H])([2H])[2H])c1NC(=O)c1c[nH]c2ccccc2c1=O.[2H]c1c(O)c(C(C([2H])([2H])[2H])(C([2H])([2H])[2H])C([2H])([2H])[2H])c([2H])c(C(C)(C([2H])([2H])[2H])C([2H])([2H])[2H])c1[N+](=O)[O-].[2H]c1c([2H])c(C(C)(C([2H])([2H])[2H])C([2H])([2H])[2H])c([2H])c(C(C([2H])([2H])[2H])(C([2H])([2H])[2H])C([2H])([2H])[2H])c1O.[2H]c1c([2H])c(C(C)(C([2H])([2H])[2H])C([2H])([2H])[2H])c([2H])c(C(C([2H])([2H])[2H])(C([2H])([2H])[2H])C([2H])([2H])[2H])c1OC(=O)OC. The molecule has 678 valence electrons. The number of anilines is 2. The number of amides is 1. The van der Waals surface area contributed by atoms with Crippen molar-refractivity contribution in [3.05, 3.63) is 261 Å². The molecule has 2 heterocycles. The van der Waals surface area contributed by atoms with Crippen molar-refractivity contribution in [3.8, 4) is 34.5 Å². The molecule has 0 fully saturated rings. The zero-order chi connectivity index (χ0) is 178. The number of pyridine rings is 2. The van der Waals surface area contributed by atoms with Gasteiger partial charge in [-0.3, -0.25) is 24.5 Å². The smallest absolute Gasteiger partial charge is 0.508 e. The third kappa shape index (κ3) is 33.2. The maximum atomic E-state index is 13.5. The van der Waals surface area contributed by atoms with Gasteiger partial charge < -0.3 is 61.1 Å². The zero-order valence-electron chi connectivity index (χ0n) is 163. The molecule has 21 heteroatoms. The number of nitrogens with two attached hydrogens (primary N) is 1. The maximum Gasteiger partial charge on any atom is 0.513 e. The van der Waals surface area contributed by atoms with E-state index in [1.807, 2.05) is 5.32 Å². The van der Waals surface area contributed by atoms with E-state index in [4.69, 9.17) is 163 Å². The number of H-pyrrole nitrogens is 2. The molecule has 0 aliphatic rings. The topological polar surface area (TPSA) is 338 Å². The van der Waals surface area contributed by atoms with E-state index in [1.54, 1.807) is 30.3 Å². The number of phenolic OH excluding ortho intramolecular Hbond substituents is 5. The Morgan fingerprint density at radius 1 is 0.476 bits per heavy atom. The number of hydrogen-bond acceptors (Lipinski definition) is 15. The molecule has 11 N–H and O–H groups in total. The fraction of sp³-hybridized carbons (Fsp3) is 0.447. The van der Waals surface area contributed by atoms with Gasteiger partial charge in [0.2, 0.25) is 10.9 Å². The molecular formula is C103H144ClN5O15. The second-order valence-corrected chi connectivity index (χ2v) is 26.9. The van der Waals surface area contributed by atoms with Gasteiger partial charge in [0.1, 0.15) is 45.6 Å². The highest BCUT2D eigenvalue weighted by molar-refractivity contribution is 6.23. The first-order valence-electron chi connectivity index (χ1n) is 82.4. The number of phenols is 5. The van der Waals surface area contributed by atoms with Crippen molar-refractivity contribution in [1.29, 1.82) is 1.43 Å². The first-order valence-corrected chi connectivity index (χ1v) is 33.4. The van der Waals surface area contributed by atoms with E-state index in [0.717, 1.165) is 20.2 Å². The van der Waals surface area contributed by atoms with E-state index in [1.165, 1.54) is 24.4 Å². The number of nitrogens with zero attached hydrogens (tertiary/aromatic N) is 1. The number of nitrogens with one attached hydrogen (secondary N) is 3. The van der Waals surface area contributed by atoms with Crippen LogP contribution in [-0.2, 0) is 58.9 Å². The first-order chi connectivity index (χ1) is 97.1. The summed E-state index contributed by atoms with van der Waals surface area (Å²) in [6.45, 7) is -98.5. The molecule has 10 rings (SSSR count). The number of nitrogen functional groups attached to an aromatic ring is 1. The molecule has 0 bridgehead atoms. The molecule has 0 unspecified atom stereocenters. The predicted molar refractivity (Wildman–Crippen MR) is 514 cm³/mol. The quantitative estimate of drug-likeness (QED) is 0.0185. The molecule has 20 nitrogen and oxygen atoms in total. The summed E-state index contributed by atoms with van der Waals surface area (Å²) in [4.78, 5) is 74.3. The molecule has 2 aromatic heterocycles. The van der Waals surface area contributed by atoms with E-state index in [0.29, 0.717) is 51.0 Å². The number of benzene rings is 8. The molecule has 0 atom stereocenters. The Hall–Kier alpha value is -11.1. The average molecular weight is 1830 g/mol. The fourth-order valence-electron chi connectivity index (χ4n) is 8.76. The molecule has 0 aliphatic heterocycles. The number of ether oxygens (including phenoxy) is 2. The van der Waals surface area contributed by atoms with Crippen LogP contribution in [0.3, 0.4) is 0 Å².